The van der Waals surface area contributed by atoms with Gasteiger partial charge in [-0.25, -0.2) is 4.39 Å². The van der Waals surface area contributed by atoms with E-state index in [0.717, 1.165) is 32.1 Å². The van der Waals surface area contributed by atoms with Crippen LogP contribution < -0.4 is 15.4 Å². The second-order valence-electron chi connectivity index (χ2n) is 6.59. The summed E-state index contributed by atoms with van der Waals surface area (Å²) in [6, 6.07) is 6.89. The largest absolute Gasteiger partial charge is 0.486 e. The van der Waals surface area contributed by atoms with Gasteiger partial charge in [0, 0.05) is 39.3 Å². The minimum absolute atomic E-state index is 0. The summed E-state index contributed by atoms with van der Waals surface area (Å²) in [7, 11) is 6.04. The fraction of sp³-hybridized carbons (Fsp3) is 0.611. The summed E-state index contributed by atoms with van der Waals surface area (Å²) in [6.45, 7) is 6.47. The quantitative estimate of drug-likeness (QED) is 0.369. The maximum absolute atomic E-state index is 13.6. The summed E-state index contributed by atoms with van der Waals surface area (Å²) in [6.07, 6.45) is -0.182. The first-order valence-corrected chi connectivity index (χ1v) is 8.74. The maximum atomic E-state index is 13.6. The number of hydrogen-bond donors (Lipinski definition) is 2. The number of halogens is 2. The molecule has 0 bridgehead atoms. The Morgan fingerprint density at radius 2 is 2.04 bits per heavy atom. The molecule has 0 aliphatic carbocycles. The van der Waals surface area contributed by atoms with Gasteiger partial charge in [0.15, 0.2) is 17.5 Å². The van der Waals surface area contributed by atoms with Crippen molar-refractivity contribution in [3.63, 3.8) is 0 Å². The molecule has 2 N–H and O–H groups in total. The van der Waals surface area contributed by atoms with Crippen molar-refractivity contribution in [2.24, 2.45) is 4.99 Å². The standard InChI is InChI=1S/C18H30FN5O.HI/c1-14(25-17-8-6-5-7-16(17)19)11-21-18(20-2)22-12-15-13-23(3)9-10-24(15)4;/h5-8,14-15H,9-13H2,1-4H3,(H2,20,21,22);1H. The molecule has 1 heterocycles. The second-order valence-corrected chi connectivity index (χ2v) is 6.59. The van der Waals surface area contributed by atoms with Gasteiger partial charge in [-0.3, -0.25) is 9.89 Å². The molecule has 6 nitrogen and oxygen atoms in total. The van der Waals surface area contributed by atoms with Crippen LogP contribution in [-0.2, 0) is 0 Å². The number of aliphatic imine (C=N–C) groups is 1. The van der Waals surface area contributed by atoms with Gasteiger partial charge in [-0.2, -0.15) is 0 Å². The molecule has 2 atom stereocenters. The van der Waals surface area contributed by atoms with E-state index in [1.807, 2.05) is 6.92 Å². The zero-order chi connectivity index (χ0) is 18.2. The van der Waals surface area contributed by atoms with Crippen LogP contribution in [0.15, 0.2) is 29.3 Å². The first-order valence-electron chi connectivity index (χ1n) is 8.74. The minimum atomic E-state index is -0.346. The highest BCUT2D eigenvalue weighted by Crippen LogP contribution is 2.16. The zero-order valence-corrected chi connectivity index (χ0v) is 18.4. The van der Waals surface area contributed by atoms with Gasteiger partial charge in [0.25, 0.3) is 0 Å². The van der Waals surface area contributed by atoms with Gasteiger partial charge < -0.3 is 20.3 Å². The first-order chi connectivity index (χ1) is 12.0. The maximum Gasteiger partial charge on any atom is 0.191 e. The first kappa shape index (κ1) is 22.9. The molecule has 0 amide bonds. The van der Waals surface area contributed by atoms with Crippen LogP contribution in [0.1, 0.15) is 6.92 Å². The van der Waals surface area contributed by atoms with Crippen molar-refractivity contribution in [3.8, 4) is 5.75 Å². The molecule has 1 aromatic rings. The average Bonchev–Trinajstić information content (AvgIpc) is 2.60. The molecular weight excluding hydrogens is 448 g/mol. The van der Waals surface area contributed by atoms with Gasteiger partial charge in [-0.15, -0.1) is 24.0 Å². The average molecular weight is 479 g/mol. The summed E-state index contributed by atoms with van der Waals surface area (Å²) >= 11 is 0. The Balaban J connectivity index is 0.00000338. The van der Waals surface area contributed by atoms with Crippen LogP contribution in [0.2, 0.25) is 0 Å². The van der Waals surface area contributed by atoms with Crippen LogP contribution in [0.25, 0.3) is 0 Å². The van der Waals surface area contributed by atoms with Crippen LogP contribution in [0, 0.1) is 5.82 Å². The molecule has 0 radical (unpaired) electrons. The number of piperazine rings is 1. The van der Waals surface area contributed by atoms with Crippen molar-refractivity contribution in [2.75, 3.05) is 53.9 Å². The van der Waals surface area contributed by atoms with Crippen LogP contribution in [0.3, 0.4) is 0 Å². The number of guanidine groups is 1. The van der Waals surface area contributed by atoms with Crippen molar-refractivity contribution in [2.45, 2.75) is 19.1 Å². The van der Waals surface area contributed by atoms with Gasteiger partial charge in [0.1, 0.15) is 6.10 Å². The monoisotopic (exact) mass is 479 g/mol. The van der Waals surface area contributed by atoms with E-state index in [0.29, 0.717) is 12.6 Å². The highest BCUT2D eigenvalue weighted by molar-refractivity contribution is 14.0. The molecule has 26 heavy (non-hydrogen) atoms. The summed E-state index contributed by atoms with van der Waals surface area (Å²) in [5, 5.41) is 6.60. The van der Waals surface area contributed by atoms with E-state index in [1.54, 1.807) is 25.2 Å². The predicted molar refractivity (Wildman–Crippen MR) is 115 cm³/mol. The molecule has 2 rings (SSSR count). The third kappa shape index (κ3) is 7.24. The molecule has 2 unspecified atom stereocenters. The Bertz CT molecular complexity index is 574. The molecule has 148 valence electrons. The van der Waals surface area contributed by atoms with Crippen molar-refractivity contribution in [3.05, 3.63) is 30.1 Å². The minimum Gasteiger partial charge on any atom is -0.486 e. The molecule has 1 aliphatic heterocycles. The lowest BCUT2D eigenvalue weighted by molar-refractivity contribution is 0.116. The van der Waals surface area contributed by atoms with Crippen LogP contribution in [0.5, 0.6) is 5.75 Å². The van der Waals surface area contributed by atoms with Crippen LogP contribution in [-0.4, -0.2) is 81.8 Å². The number of likely N-dealkylation sites (N-methyl/N-ethyl adjacent to an activating group) is 2. The Hall–Kier alpha value is -1.13. The fourth-order valence-electron chi connectivity index (χ4n) is 2.80. The summed E-state index contributed by atoms with van der Waals surface area (Å²) in [5.41, 5.74) is 0. The smallest absolute Gasteiger partial charge is 0.191 e. The lowest BCUT2D eigenvalue weighted by Crippen LogP contribution is -2.55. The lowest BCUT2D eigenvalue weighted by Gasteiger charge is -2.38. The molecule has 0 spiro atoms. The number of nitrogens with zero attached hydrogens (tertiary/aromatic N) is 3. The molecule has 1 aliphatic rings. The molecular formula is C18H31FIN5O. The molecule has 1 saturated heterocycles. The Morgan fingerprint density at radius 3 is 2.73 bits per heavy atom. The van der Waals surface area contributed by atoms with E-state index in [4.69, 9.17) is 4.74 Å². The molecule has 1 fully saturated rings. The van der Waals surface area contributed by atoms with E-state index in [-0.39, 0.29) is 41.6 Å². The van der Waals surface area contributed by atoms with E-state index in [1.165, 1.54) is 6.07 Å². The highest BCUT2D eigenvalue weighted by Gasteiger charge is 2.22. The van der Waals surface area contributed by atoms with Gasteiger partial charge in [-0.1, -0.05) is 12.1 Å². The van der Waals surface area contributed by atoms with Crippen LogP contribution in [0.4, 0.5) is 4.39 Å². The second kappa shape index (κ2) is 11.6. The third-order valence-electron chi connectivity index (χ3n) is 4.43. The number of rotatable bonds is 6. The SMILES string of the molecule is CN=C(NCC(C)Oc1ccccc1F)NCC1CN(C)CCN1C.I. The van der Waals surface area contributed by atoms with Gasteiger partial charge >= 0.3 is 0 Å². The van der Waals surface area contributed by atoms with Crippen molar-refractivity contribution in [1.82, 2.24) is 20.4 Å². The Kier molecular flexibility index (Phi) is 10.2. The predicted octanol–water partition coefficient (Wildman–Crippen LogP) is 1.62. The molecule has 0 aromatic heterocycles. The van der Waals surface area contributed by atoms with Gasteiger partial charge in [-0.05, 0) is 33.2 Å². The van der Waals surface area contributed by atoms with Crippen molar-refractivity contribution >= 4 is 29.9 Å². The van der Waals surface area contributed by atoms with Gasteiger partial charge in [0.2, 0.25) is 0 Å². The lowest BCUT2D eigenvalue weighted by atomic mass is 10.2. The third-order valence-corrected chi connectivity index (χ3v) is 4.43. The zero-order valence-electron chi connectivity index (χ0n) is 16.0. The van der Waals surface area contributed by atoms with E-state index >= 15 is 0 Å². The number of nitrogens with one attached hydrogen (secondary N) is 2. The summed E-state index contributed by atoms with van der Waals surface area (Å²) in [5.74, 6) is 0.651. The molecule has 0 saturated carbocycles. The Morgan fingerprint density at radius 1 is 1.31 bits per heavy atom. The number of hydrogen-bond acceptors (Lipinski definition) is 4. The van der Waals surface area contributed by atoms with Crippen LogP contribution >= 0.6 is 24.0 Å². The van der Waals surface area contributed by atoms with Crippen molar-refractivity contribution < 1.29 is 9.13 Å². The van der Waals surface area contributed by atoms with E-state index in [9.17, 15) is 4.39 Å². The number of benzene rings is 1. The molecule has 8 heteroatoms. The topological polar surface area (TPSA) is 52.1 Å². The highest BCUT2D eigenvalue weighted by atomic mass is 127. The normalized spacial score (nSPS) is 20.2. The van der Waals surface area contributed by atoms with Crippen molar-refractivity contribution in [1.29, 1.82) is 0 Å². The van der Waals surface area contributed by atoms with Gasteiger partial charge in [0.05, 0.1) is 6.54 Å². The van der Waals surface area contributed by atoms with E-state index < -0.39 is 0 Å². The number of para-hydroxylation sites is 1. The Labute approximate surface area is 173 Å². The summed E-state index contributed by atoms with van der Waals surface area (Å²) < 4.78 is 19.3. The fourth-order valence-corrected chi connectivity index (χ4v) is 2.80. The molecule has 1 aromatic carbocycles. The number of ether oxygens (including phenoxy) is 1. The summed E-state index contributed by atoms with van der Waals surface area (Å²) in [4.78, 5) is 8.95. The van der Waals surface area contributed by atoms with E-state index in [2.05, 4.69) is 39.5 Å².